The molecule has 1 fully saturated rings. The smallest absolute Gasteiger partial charge is 0.227 e. The van der Waals surface area contributed by atoms with Crippen LogP contribution in [0, 0.1) is 17.2 Å². The number of sulfonamides is 1. The lowest BCUT2D eigenvalue weighted by atomic mass is 10.1. The molecule has 1 aliphatic heterocycles. The van der Waals surface area contributed by atoms with Crippen LogP contribution in [0.15, 0.2) is 24.3 Å². The standard InChI is InChI=1S/C13H15N3O3S/c14-5-4-10-2-1-3-12(6-10)16-8-11(7-13(16)17)9-20(15,18)19/h1-3,6,11H,4,7-9H2,(H2,15,18,19). The lowest BCUT2D eigenvalue weighted by Gasteiger charge is -2.17. The molecule has 1 aromatic carbocycles. The molecule has 0 aliphatic carbocycles. The maximum atomic E-state index is 12.0. The lowest BCUT2D eigenvalue weighted by molar-refractivity contribution is -0.117. The molecule has 20 heavy (non-hydrogen) atoms. The van der Waals surface area contributed by atoms with Crippen molar-refractivity contribution in [1.82, 2.24) is 0 Å². The summed E-state index contributed by atoms with van der Waals surface area (Å²) >= 11 is 0. The molecular weight excluding hydrogens is 278 g/mol. The fourth-order valence-corrected chi connectivity index (χ4v) is 3.28. The number of hydrogen-bond acceptors (Lipinski definition) is 4. The minimum atomic E-state index is -3.58. The lowest BCUT2D eigenvalue weighted by Crippen LogP contribution is -2.27. The predicted octanol–water partition coefficient (Wildman–Crippen LogP) is 0.394. The Kier molecular flexibility index (Phi) is 4.06. The summed E-state index contributed by atoms with van der Waals surface area (Å²) in [6.45, 7) is 0.339. The quantitative estimate of drug-likeness (QED) is 0.867. The minimum absolute atomic E-state index is 0.118. The first-order valence-corrected chi connectivity index (χ1v) is 7.87. The third kappa shape index (κ3) is 3.56. The highest BCUT2D eigenvalue weighted by Crippen LogP contribution is 2.26. The topological polar surface area (TPSA) is 104 Å². The highest BCUT2D eigenvalue weighted by Gasteiger charge is 2.32. The Labute approximate surface area is 117 Å². The van der Waals surface area contributed by atoms with Gasteiger partial charge in [-0.25, -0.2) is 13.6 Å². The van der Waals surface area contributed by atoms with Gasteiger partial charge in [0.25, 0.3) is 0 Å². The first-order valence-electron chi connectivity index (χ1n) is 6.16. The number of amides is 1. The Morgan fingerprint density at radius 2 is 2.20 bits per heavy atom. The van der Waals surface area contributed by atoms with Crippen molar-refractivity contribution in [2.24, 2.45) is 11.1 Å². The molecule has 2 rings (SSSR count). The van der Waals surface area contributed by atoms with Crippen molar-refractivity contribution in [2.45, 2.75) is 12.8 Å². The third-order valence-electron chi connectivity index (χ3n) is 3.18. The van der Waals surface area contributed by atoms with Crippen molar-refractivity contribution in [3.63, 3.8) is 0 Å². The third-order valence-corrected chi connectivity index (χ3v) is 4.11. The van der Waals surface area contributed by atoms with E-state index in [4.69, 9.17) is 10.4 Å². The van der Waals surface area contributed by atoms with E-state index in [0.29, 0.717) is 12.2 Å². The second kappa shape index (κ2) is 5.61. The molecule has 0 saturated carbocycles. The van der Waals surface area contributed by atoms with E-state index >= 15 is 0 Å². The van der Waals surface area contributed by atoms with Crippen molar-refractivity contribution < 1.29 is 13.2 Å². The van der Waals surface area contributed by atoms with E-state index in [2.05, 4.69) is 6.07 Å². The first kappa shape index (κ1) is 14.5. The van der Waals surface area contributed by atoms with Crippen LogP contribution in [0.3, 0.4) is 0 Å². The van der Waals surface area contributed by atoms with Crippen LogP contribution in [0.2, 0.25) is 0 Å². The summed E-state index contributed by atoms with van der Waals surface area (Å²) in [6, 6.07) is 9.20. The van der Waals surface area contributed by atoms with Crippen LogP contribution in [-0.4, -0.2) is 26.6 Å². The van der Waals surface area contributed by atoms with Crippen molar-refractivity contribution in [2.75, 3.05) is 17.2 Å². The number of rotatable bonds is 4. The predicted molar refractivity (Wildman–Crippen MR) is 74.2 cm³/mol. The summed E-state index contributed by atoms with van der Waals surface area (Å²) < 4.78 is 22.2. The normalized spacial score (nSPS) is 19.1. The molecule has 106 valence electrons. The van der Waals surface area contributed by atoms with Gasteiger partial charge in [-0.3, -0.25) is 4.79 Å². The maximum Gasteiger partial charge on any atom is 0.227 e. The van der Waals surface area contributed by atoms with Gasteiger partial charge in [0.15, 0.2) is 0 Å². The van der Waals surface area contributed by atoms with Crippen LogP contribution in [0.4, 0.5) is 5.69 Å². The molecule has 1 amide bonds. The molecule has 1 heterocycles. The second-order valence-electron chi connectivity index (χ2n) is 4.91. The summed E-state index contributed by atoms with van der Waals surface area (Å²) in [4.78, 5) is 13.5. The number of nitriles is 1. The molecule has 1 aromatic rings. The Morgan fingerprint density at radius 3 is 2.85 bits per heavy atom. The Balaban J connectivity index is 2.16. The largest absolute Gasteiger partial charge is 0.312 e. The number of benzene rings is 1. The van der Waals surface area contributed by atoms with Gasteiger partial charge in [0, 0.05) is 24.6 Å². The van der Waals surface area contributed by atoms with Gasteiger partial charge in [0.1, 0.15) is 0 Å². The van der Waals surface area contributed by atoms with Crippen molar-refractivity contribution in [1.29, 1.82) is 5.26 Å². The number of nitrogens with two attached hydrogens (primary N) is 1. The van der Waals surface area contributed by atoms with Crippen molar-refractivity contribution in [3.05, 3.63) is 29.8 Å². The molecule has 7 heteroatoms. The Morgan fingerprint density at radius 1 is 1.45 bits per heavy atom. The fourth-order valence-electron chi connectivity index (χ4n) is 2.40. The van der Waals surface area contributed by atoms with E-state index in [1.165, 1.54) is 0 Å². The molecule has 6 nitrogen and oxygen atoms in total. The summed E-state index contributed by atoms with van der Waals surface area (Å²) in [5.41, 5.74) is 1.52. The zero-order valence-electron chi connectivity index (χ0n) is 10.8. The zero-order chi connectivity index (χ0) is 14.8. The van der Waals surface area contributed by atoms with Crippen molar-refractivity contribution >= 4 is 21.6 Å². The van der Waals surface area contributed by atoms with Gasteiger partial charge in [-0.1, -0.05) is 12.1 Å². The molecule has 0 aromatic heterocycles. The average Bonchev–Trinajstić information content (AvgIpc) is 2.68. The summed E-state index contributed by atoms with van der Waals surface area (Å²) in [5, 5.41) is 13.7. The molecule has 1 saturated heterocycles. The van der Waals surface area contributed by atoms with Gasteiger partial charge in [-0.05, 0) is 17.7 Å². The summed E-state index contributed by atoms with van der Waals surface area (Å²) in [5.74, 6) is -0.586. The van der Waals surface area contributed by atoms with Gasteiger partial charge in [-0.15, -0.1) is 0 Å². The molecule has 1 atom stereocenters. The van der Waals surface area contributed by atoms with Gasteiger partial charge >= 0.3 is 0 Å². The monoisotopic (exact) mass is 293 g/mol. The summed E-state index contributed by atoms with van der Waals surface area (Å²) in [7, 11) is -3.58. The van der Waals surface area contributed by atoms with Crippen LogP contribution >= 0.6 is 0 Å². The van der Waals surface area contributed by atoms with E-state index in [1.807, 2.05) is 6.07 Å². The zero-order valence-corrected chi connectivity index (χ0v) is 11.6. The van der Waals surface area contributed by atoms with Crippen LogP contribution < -0.4 is 10.0 Å². The van der Waals surface area contributed by atoms with Crippen LogP contribution in [0.5, 0.6) is 0 Å². The Bertz CT molecular complexity index is 664. The van der Waals surface area contributed by atoms with Crippen molar-refractivity contribution in [3.8, 4) is 6.07 Å². The molecule has 0 bridgehead atoms. The highest BCUT2D eigenvalue weighted by molar-refractivity contribution is 7.89. The van der Waals surface area contributed by atoms with Crippen LogP contribution in [0.1, 0.15) is 12.0 Å². The Hall–Kier alpha value is -1.91. The minimum Gasteiger partial charge on any atom is -0.312 e. The number of carbonyl (C=O) groups excluding carboxylic acids is 1. The number of hydrogen-bond donors (Lipinski definition) is 1. The number of nitrogens with zero attached hydrogens (tertiary/aromatic N) is 2. The molecule has 1 aliphatic rings. The number of primary sulfonamides is 1. The molecule has 1 unspecified atom stereocenters. The van der Waals surface area contributed by atoms with Gasteiger partial charge < -0.3 is 4.90 Å². The molecular formula is C13H15N3O3S. The van der Waals surface area contributed by atoms with E-state index in [9.17, 15) is 13.2 Å². The number of anilines is 1. The molecule has 0 spiro atoms. The first-order chi connectivity index (χ1) is 9.39. The number of carbonyl (C=O) groups is 1. The van der Waals surface area contributed by atoms with Gasteiger partial charge in [0.2, 0.25) is 15.9 Å². The maximum absolute atomic E-state index is 12.0. The molecule has 2 N–H and O–H groups in total. The van der Waals surface area contributed by atoms with Crippen LogP contribution in [-0.2, 0) is 21.2 Å². The van der Waals surface area contributed by atoms with E-state index in [0.717, 1.165) is 5.56 Å². The summed E-state index contributed by atoms with van der Waals surface area (Å²) in [6.07, 6.45) is 0.454. The van der Waals surface area contributed by atoms with Gasteiger partial charge in [-0.2, -0.15) is 5.26 Å². The average molecular weight is 293 g/mol. The van der Waals surface area contributed by atoms with E-state index in [-0.39, 0.29) is 30.4 Å². The molecule has 0 radical (unpaired) electrons. The van der Waals surface area contributed by atoms with Crippen LogP contribution in [0.25, 0.3) is 0 Å². The van der Waals surface area contributed by atoms with E-state index < -0.39 is 10.0 Å². The highest BCUT2D eigenvalue weighted by atomic mass is 32.2. The second-order valence-corrected chi connectivity index (χ2v) is 6.57. The SMILES string of the molecule is N#CCc1cccc(N2CC(CS(N)(=O)=O)CC2=O)c1. The fraction of sp³-hybridized carbons (Fsp3) is 0.385. The van der Waals surface area contributed by atoms with Gasteiger partial charge in [0.05, 0.1) is 18.2 Å². The van der Waals surface area contributed by atoms with E-state index in [1.54, 1.807) is 23.1 Å².